The molecule has 3 aromatic rings. The van der Waals surface area contributed by atoms with Gasteiger partial charge in [0.1, 0.15) is 5.01 Å². The molecule has 1 aromatic heterocycles. The molecule has 0 saturated heterocycles. The van der Waals surface area contributed by atoms with Gasteiger partial charge < -0.3 is 5.32 Å². The van der Waals surface area contributed by atoms with Gasteiger partial charge in [-0.2, -0.15) is 0 Å². The molecule has 1 aliphatic rings. The fourth-order valence-electron chi connectivity index (χ4n) is 3.01. The first-order valence-corrected chi connectivity index (χ1v) is 9.94. The number of hydrogen-bond acceptors (Lipinski definition) is 4. The largest absolute Gasteiger partial charge is 0.349 e. The average Bonchev–Trinajstić information content (AvgIpc) is 3.23. The molecule has 1 amide bonds. The summed E-state index contributed by atoms with van der Waals surface area (Å²) in [7, 11) is 0. The van der Waals surface area contributed by atoms with Gasteiger partial charge in [0.15, 0.2) is 0 Å². The maximum Gasteiger partial charge on any atom is 0.230 e. The van der Waals surface area contributed by atoms with Crippen molar-refractivity contribution in [2.24, 2.45) is 0 Å². The molecule has 3 nitrogen and oxygen atoms in total. The van der Waals surface area contributed by atoms with E-state index in [1.54, 1.807) is 23.1 Å². The summed E-state index contributed by atoms with van der Waals surface area (Å²) in [5.41, 5.74) is 3.92. The standard InChI is InChI=1S/C19H18N2OS2/c22-18(12-23-15-9-8-13-4-3-5-14(13)10-15)20-11-19-21-16-6-1-2-7-17(16)24-19/h1-2,6-10H,3-5,11-12H2,(H,20,22). The van der Waals surface area contributed by atoms with E-state index in [1.807, 2.05) is 18.2 Å². The van der Waals surface area contributed by atoms with Crippen LogP contribution in [0.5, 0.6) is 0 Å². The molecule has 0 fully saturated rings. The molecule has 0 saturated carbocycles. The third kappa shape index (κ3) is 3.47. The molecule has 0 radical (unpaired) electrons. The van der Waals surface area contributed by atoms with E-state index in [2.05, 4.69) is 34.6 Å². The van der Waals surface area contributed by atoms with Crippen molar-refractivity contribution in [1.29, 1.82) is 0 Å². The highest BCUT2D eigenvalue weighted by molar-refractivity contribution is 8.00. The predicted octanol–water partition coefficient (Wildman–Crippen LogP) is 4.19. The fraction of sp³-hybridized carbons (Fsp3) is 0.263. The van der Waals surface area contributed by atoms with E-state index in [0.29, 0.717) is 12.3 Å². The smallest absolute Gasteiger partial charge is 0.230 e. The van der Waals surface area contributed by atoms with Gasteiger partial charge in [0.2, 0.25) is 5.91 Å². The zero-order valence-corrected chi connectivity index (χ0v) is 14.9. The van der Waals surface area contributed by atoms with Crippen LogP contribution >= 0.6 is 23.1 Å². The molecule has 0 atom stereocenters. The number of aryl methyl sites for hydroxylation is 2. The van der Waals surface area contributed by atoms with Crippen molar-refractivity contribution in [3.8, 4) is 0 Å². The summed E-state index contributed by atoms with van der Waals surface area (Å²) in [5, 5.41) is 3.92. The summed E-state index contributed by atoms with van der Waals surface area (Å²) >= 11 is 3.24. The lowest BCUT2D eigenvalue weighted by atomic mass is 10.1. The van der Waals surface area contributed by atoms with Crippen LogP contribution in [0.4, 0.5) is 0 Å². The minimum atomic E-state index is 0.0553. The minimum Gasteiger partial charge on any atom is -0.349 e. The number of benzene rings is 2. The van der Waals surface area contributed by atoms with Gasteiger partial charge in [0, 0.05) is 4.90 Å². The Morgan fingerprint density at radius 2 is 2.04 bits per heavy atom. The van der Waals surface area contributed by atoms with Crippen molar-refractivity contribution in [2.75, 3.05) is 5.75 Å². The van der Waals surface area contributed by atoms with Crippen LogP contribution in [0.25, 0.3) is 10.2 Å². The van der Waals surface area contributed by atoms with E-state index >= 15 is 0 Å². The number of para-hydroxylation sites is 1. The van der Waals surface area contributed by atoms with Crippen molar-refractivity contribution in [3.63, 3.8) is 0 Å². The van der Waals surface area contributed by atoms with Gasteiger partial charge in [-0.15, -0.1) is 23.1 Å². The number of amides is 1. The summed E-state index contributed by atoms with van der Waals surface area (Å²) in [6.45, 7) is 0.503. The van der Waals surface area contributed by atoms with E-state index in [-0.39, 0.29) is 5.91 Å². The van der Waals surface area contributed by atoms with Gasteiger partial charge in [-0.05, 0) is 54.7 Å². The van der Waals surface area contributed by atoms with Crippen LogP contribution in [0.15, 0.2) is 47.4 Å². The first-order chi connectivity index (χ1) is 11.8. The van der Waals surface area contributed by atoms with Crippen LogP contribution in [0, 0.1) is 0 Å². The number of nitrogens with one attached hydrogen (secondary N) is 1. The Balaban J connectivity index is 1.30. The third-order valence-corrected chi connectivity index (χ3v) is 6.25. The number of carbonyl (C=O) groups excluding carboxylic acids is 1. The van der Waals surface area contributed by atoms with Crippen LogP contribution < -0.4 is 5.32 Å². The number of rotatable bonds is 5. The predicted molar refractivity (Wildman–Crippen MR) is 101 cm³/mol. The van der Waals surface area contributed by atoms with Gasteiger partial charge in [-0.1, -0.05) is 18.2 Å². The molecule has 0 spiro atoms. The zero-order chi connectivity index (χ0) is 16.4. The topological polar surface area (TPSA) is 42.0 Å². The molecule has 0 aliphatic heterocycles. The van der Waals surface area contributed by atoms with Crippen LogP contribution in [-0.2, 0) is 24.2 Å². The average molecular weight is 354 g/mol. The first-order valence-electron chi connectivity index (χ1n) is 8.14. The van der Waals surface area contributed by atoms with Gasteiger partial charge in [0.25, 0.3) is 0 Å². The number of thiazole rings is 1. The van der Waals surface area contributed by atoms with Crippen molar-refractivity contribution >= 4 is 39.2 Å². The normalized spacial score (nSPS) is 13.2. The molecule has 4 rings (SSSR count). The lowest BCUT2D eigenvalue weighted by molar-refractivity contribution is -0.118. The Morgan fingerprint density at radius 3 is 2.96 bits per heavy atom. The van der Waals surface area contributed by atoms with Crippen molar-refractivity contribution in [2.45, 2.75) is 30.7 Å². The molecule has 122 valence electrons. The number of hydrogen-bond donors (Lipinski definition) is 1. The molecule has 2 aromatic carbocycles. The Labute approximate surface area is 149 Å². The lowest BCUT2D eigenvalue weighted by Crippen LogP contribution is -2.24. The molecular formula is C19H18N2OS2. The van der Waals surface area contributed by atoms with Crippen molar-refractivity contribution in [3.05, 3.63) is 58.6 Å². The molecule has 1 N–H and O–H groups in total. The van der Waals surface area contributed by atoms with Gasteiger partial charge in [-0.3, -0.25) is 4.79 Å². The summed E-state index contributed by atoms with van der Waals surface area (Å²) in [4.78, 5) is 17.8. The highest BCUT2D eigenvalue weighted by Gasteiger charge is 2.12. The number of thioether (sulfide) groups is 1. The molecular weight excluding hydrogens is 336 g/mol. The summed E-state index contributed by atoms with van der Waals surface area (Å²) in [6, 6.07) is 14.6. The Hall–Kier alpha value is -1.85. The lowest BCUT2D eigenvalue weighted by Gasteiger charge is -2.05. The highest BCUT2D eigenvalue weighted by atomic mass is 32.2. The molecule has 1 heterocycles. The van der Waals surface area contributed by atoms with Crippen LogP contribution in [-0.4, -0.2) is 16.6 Å². The van der Waals surface area contributed by atoms with Gasteiger partial charge in [0.05, 0.1) is 22.5 Å². The van der Waals surface area contributed by atoms with Crippen molar-refractivity contribution in [1.82, 2.24) is 10.3 Å². The van der Waals surface area contributed by atoms with Crippen LogP contribution in [0.3, 0.4) is 0 Å². The Morgan fingerprint density at radius 1 is 1.17 bits per heavy atom. The third-order valence-electron chi connectivity index (χ3n) is 4.21. The number of fused-ring (bicyclic) bond motifs is 2. The summed E-state index contributed by atoms with van der Waals surface area (Å²) in [5.74, 6) is 0.503. The quantitative estimate of drug-likeness (QED) is 0.699. The van der Waals surface area contributed by atoms with Crippen LogP contribution in [0.1, 0.15) is 22.6 Å². The van der Waals surface area contributed by atoms with E-state index in [1.165, 1.54) is 35.3 Å². The fourth-order valence-corrected chi connectivity index (χ4v) is 4.70. The van der Waals surface area contributed by atoms with E-state index in [4.69, 9.17) is 0 Å². The molecule has 1 aliphatic carbocycles. The second-order valence-corrected chi connectivity index (χ2v) is 8.09. The number of aromatic nitrogens is 1. The monoisotopic (exact) mass is 354 g/mol. The first kappa shape index (κ1) is 15.7. The second-order valence-electron chi connectivity index (χ2n) is 5.92. The second kappa shape index (κ2) is 6.95. The zero-order valence-electron chi connectivity index (χ0n) is 13.2. The summed E-state index contributed by atoms with van der Waals surface area (Å²) in [6.07, 6.45) is 3.63. The van der Waals surface area contributed by atoms with E-state index in [9.17, 15) is 4.79 Å². The molecule has 0 bridgehead atoms. The highest BCUT2D eigenvalue weighted by Crippen LogP contribution is 2.27. The van der Waals surface area contributed by atoms with E-state index in [0.717, 1.165) is 15.2 Å². The SMILES string of the molecule is O=C(CSc1ccc2c(c1)CCC2)NCc1nc2ccccc2s1. The molecule has 0 unspecified atom stereocenters. The van der Waals surface area contributed by atoms with Crippen molar-refractivity contribution < 1.29 is 4.79 Å². The molecule has 24 heavy (non-hydrogen) atoms. The van der Waals surface area contributed by atoms with Gasteiger partial charge >= 0.3 is 0 Å². The van der Waals surface area contributed by atoms with Gasteiger partial charge in [-0.25, -0.2) is 4.98 Å². The Bertz CT molecular complexity index is 855. The Kier molecular flexibility index (Phi) is 4.54. The summed E-state index contributed by atoms with van der Waals surface area (Å²) < 4.78 is 1.16. The number of carbonyl (C=O) groups is 1. The van der Waals surface area contributed by atoms with Crippen LogP contribution in [0.2, 0.25) is 0 Å². The maximum absolute atomic E-state index is 12.1. The van der Waals surface area contributed by atoms with E-state index < -0.39 is 0 Å². The maximum atomic E-state index is 12.1. The minimum absolute atomic E-state index is 0.0553. The number of nitrogens with zero attached hydrogens (tertiary/aromatic N) is 1. The molecule has 5 heteroatoms.